The summed E-state index contributed by atoms with van der Waals surface area (Å²) in [7, 11) is 0. The zero-order valence-electron chi connectivity index (χ0n) is 15.2. The first-order chi connectivity index (χ1) is 10.0. The fourth-order valence-electron chi connectivity index (χ4n) is 3.23. The first-order valence-electron chi connectivity index (χ1n) is 8.50. The number of aromatic hydroxyl groups is 1. The van der Waals surface area contributed by atoms with E-state index in [4.69, 9.17) is 0 Å². The van der Waals surface area contributed by atoms with Gasteiger partial charge in [-0.05, 0) is 41.2 Å². The minimum Gasteiger partial charge on any atom is -0.508 e. The molecule has 0 spiro atoms. The van der Waals surface area contributed by atoms with Crippen LogP contribution in [-0.4, -0.2) is 16.3 Å². The Kier molecular flexibility index (Phi) is 6.49. The van der Waals surface area contributed by atoms with Gasteiger partial charge >= 0.3 is 0 Å². The average molecular weight is 309 g/mol. The van der Waals surface area contributed by atoms with Gasteiger partial charge in [0, 0.05) is 1.43 Å². The lowest BCUT2D eigenvalue weighted by molar-refractivity contribution is 0.0105. The molecule has 1 aromatic carbocycles. The van der Waals surface area contributed by atoms with Gasteiger partial charge in [-0.15, -0.1) is 0 Å². The van der Waals surface area contributed by atoms with E-state index in [9.17, 15) is 10.2 Å². The molecule has 1 aliphatic rings. The van der Waals surface area contributed by atoms with Crippen LogP contribution < -0.4 is 0 Å². The predicted molar refractivity (Wildman–Crippen MR) is 96.3 cm³/mol. The van der Waals surface area contributed by atoms with Gasteiger partial charge in [-0.2, -0.15) is 0 Å². The van der Waals surface area contributed by atoms with Gasteiger partial charge in [0.25, 0.3) is 0 Å². The maximum Gasteiger partial charge on any atom is 0.119 e. The van der Waals surface area contributed by atoms with E-state index in [1.54, 1.807) is 6.07 Å². The summed E-state index contributed by atoms with van der Waals surface area (Å²) in [5, 5.41) is 19.2. The fraction of sp³-hybridized carbons (Fsp3) is 0.700. The topological polar surface area (TPSA) is 40.5 Å². The van der Waals surface area contributed by atoms with Crippen LogP contribution in [0.15, 0.2) is 24.3 Å². The van der Waals surface area contributed by atoms with Crippen molar-refractivity contribution in [3.05, 3.63) is 29.8 Å². The highest BCUT2D eigenvalue weighted by atomic mass is 16.3. The number of hydrogen-bond donors (Lipinski definition) is 2. The van der Waals surface area contributed by atoms with Gasteiger partial charge in [0.05, 0.1) is 6.10 Å². The van der Waals surface area contributed by atoms with Crippen molar-refractivity contribution in [2.75, 3.05) is 0 Å². The zero-order chi connectivity index (χ0) is 17.0. The number of aliphatic hydroxyl groups is 1. The molecule has 0 saturated heterocycles. The van der Waals surface area contributed by atoms with Crippen molar-refractivity contribution in [3.8, 4) is 5.75 Å². The maximum absolute atomic E-state index is 9.70. The summed E-state index contributed by atoms with van der Waals surface area (Å²) in [4.78, 5) is 0. The molecule has 0 unspecified atom stereocenters. The minimum absolute atomic E-state index is 0. The second-order valence-electron chi connectivity index (χ2n) is 8.59. The third kappa shape index (κ3) is 5.64. The van der Waals surface area contributed by atoms with Crippen LogP contribution in [0, 0.1) is 11.3 Å². The number of rotatable bonds is 0. The number of benzene rings is 1. The molecule has 0 bridgehead atoms. The highest BCUT2D eigenvalue weighted by Gasteiger charge is 2.32. The predicted octanol–water partition coefficient (Wildman–Crippen LogP) is 5.52. The molecule has 2 rings (SSSR count). The summed E-state index contributed by atoms with van der Waals surface area (Å²) in [6.07, 6.45) is 4.71. The normalized spacial score (nSPS) is 22.7. The number of phenols is 1. The van der Waals surface area contributed by atoms with Gasteiger partial charge < -0.3 is 10.2 Å². The van der Waals surface area contributed by atoms with E-state index in [1.165, 1.54) is 19.3 Å². The Labute approximate surface area is 138 Å². The first kappa shape index (κ1) is 19.0. The van der Waals surface area contributed by atoms with Crippen LogP contribution in [0.4, 0.5) is 0 Å². The first-order valence-corrected chi connectivity index (χ1v) is 8.50. The third-order valence-electron chi connectivity index (χ3n) is 4.55. The quantitative estimate of drug-likeness (QED) is 0.662. The Morgan fingerprint density at radius 3 is 1.86 bits per heavy atom. The lowest BCUT2D eigenvalue weighted by atomic mass is 9.71. The van der Waals surface area contributed by atoms with Gasteiger partial charge in [0.1, 0.15) is 5.75 Å². The van der Waals surface area contributed by atoms with Crippen molar-refractivity contribution in [1.29, 1.82) is 0 Å². The molecule has 1 aliphatic carbocycles. The minimum atomic E-state index is -0.0382. The number of aliphatic hydroxyl groups excluding tert-OH is 1. The number of hydrogen-bond acceptors (Lipinski definition) is 2. The van der Waals surface area contributed by atoms with Crippen molar-refractivity contribution >= 4 is 0 Å². The summed E-state index contributed by atoms with van der Waals surface area (Å²) in [5.41, 5.74) is 1.32. The molecule has 2 heteroatoms. The molecule has 128 valence electrons. The monoisotopic (exact) mass is 308 g/mol. The molecule has 0 radical (unpaired) electrons. The molecule has 0 aromatic heterocycles. The van der Waals surface area contributed by atoms with Crippen LogP contribution in [0.25, 0.3) is 0 Å². The van der Waals surface area contributed by atoms with Crippen LogP contribution in [0.2, 0.25) is 0 Å². The Hall–Kier alpha value is -1.02. The van der Waals surface area contributed by atoms with Gasteiger partial charge in [-0.3, -0.25) is 0 Å². The average Bonchev–Trinajstić information content (AvgIpc) is 2.37. The van der Waals surface area contributed by atoms with Crippen LogP contribution >= 0.6 is 0 Å². The summed E-state index contributed by atoms with van der Waals surface area (Å²) in [5.74, 6) is 0.913. The standard InChI is InChI=1S/C10H20O.C10H14O.H2/c2*1-10(2,3)8-6-4-5-7-9(8)11;/h8-9,11H,4-7H2,1-3H3;4-7,11H,1-3H3;1H/t8-,9+;;/m1../s1. The van der Waals surface area contributed by atoms with Crippen LogP contribution in [0.3, 0.4) is 0 Å². The molecule has 0 aliphatic heterocycles. The highest BCUT2D eigenvalue weighted by Crippen LogP contribution is 2.37. The van der Waals surface area contributed by atoms with Gasteiger partial charge in [-0.1, -0.05) is 72.6 Å². The lowest BCUT2D eigenvalue weighted by Crippen LogP contribution is -2.34. The molecule has 2 atom stereocenters. The van der Waals surface area contributed by atoms with Crippen LogP contribution in [0.1, 0.15) is 74.2 Å². The number of phenolic OH excluding ortho intramolecular Hbond substituents is 1. The van der Waals surface area contributed by atoms with Crippen molar-refractivity contribution in [2.45, 2.75) is 78.7 Å². The van der Waals surface area contributed by atoms with Gasteiger partial charge in [-0.25, -0.2) is 0 Å². The second-order valence-corrected chi connectivity index (χ2v) is 8.59. The Balaban J connectivity index is 0.000000403. The summed E-state index contributed by atoms with van der Waals surface area (Å²) >= 11 is 0. The Bertz CT molecular complexity index is 457. The van der Waals surface area contributed by atoms with Crippen molar-refractivity contribution in [2.24, 2.45) is 11.3 Å². The molecule has 1 aromatic rings. The Morgan fingerprint density at radius 2 is 1.50 bits per heavy atom. The second kappa shape index (κ2) is 7.50. The van der Waals surface area contributed by atoms with E-state index in [0.29, 0.717) is 17.1 Å². The lowest BCUT2D eigenvalue weighted by Gasteiger charge is -2.37. The number of para-hydroxylation sites is 1. The van der Waals surface area contributed by atoms with Crippen molar-refractivity contribution in [3.63, 3.8) is 0 Å². The maximum atomic E-state index is 9.70. The van der Waals surface area contributed by atoms with Gasteiger partial charge in [0.2, 0.25) is 0 Å². The van der Waals surface area contributed by atoms with E-state index in [0.717, 1.165) is 12.0 Å². The van der Waals surface area contributed by atoms with E-state index >= 15 is 0 Å². The summed E-state index contributed by atoms with van der Waals surface area (Å²) in [6, 6.07) is 7.46. The molecule has 2 N–H and O–H groups in total. The van der Waals surface area contributed by atoms with E-state index in [2.05, 4.69) is 41.5 Å². The Morgan fingerprint density at radius 1 is 0.955 bits per heavy atom. The van der Waals surface area contributed by atoms with E-state index < -0.39 is 0 Å². The molecule has 1 saturated carbocycles. The zero-order valence-corrected chi connectivity index (χ0v) is 15.2. The molecule has 22 heavy (non-hydrogen) atoms. The molecule has 0 amide bonds. The third-order valence-corrected chi connectivity index (χ3v) is 4.55. The largest absolute Gasteiger partial charge is 0.508 e. The summed E-state index contributed by atoms with van der Waals surface area (Å²) < 4.78 is 0. The highest BCUT2D eigenvalue weighted by molar-refractivity contribution is 5.36. The van der Waals surface area contributed by atoms with Crippen LogP contribution in [-0.2, 0) is 5.41 Å². The molecule has 0 heterocycles. The van der Waals surface area contributed by atoms with E-state index in [-0.39, 0.29) is 12.9 Å². The molecule has 1 fully saturated rings. The SMILES string of the molecule is CC(C)(C)[C@@H]1CCCC[C@@H]1O.CC(C)(C)c1ccccc1O.[HH]. The smallest absolute Gasteiger partial charge is 0.119 e. The van der Waals surface area contributed by atoms with Crippen molar-refractivity contribution in [1.82, 2.24) is 0 Å². The van der Waals surface area contributed by atoms with Crippen LogP contribution in [0.5, 0.6) is 5.75 Å². The molecular formula is C20H36O2. The van der Waals surface area contributed by atoms with E-state index in [1.807, 2.05) is 18.2 Å². The van der Waals surface area contributed by atoms with Gasteiger partial charge in [0.15, 0.2) is 0 Å². The van der Waals surface area contributed by atoms with Crippen molar-refractivity contribution < 1.29 is 11.6 Å². The molecular weight excluding hydrogens is 272 g/mol. The summed E-state index contributed by atoms with van der Waals surface area (Å²) in [6.45, 7) is 12.9. The molecule has 2 nitrogen and oxygen atoms in total. The fourth-order valence-corrected chi connectivity index (χ4v) is 3.23.